The third-order valence-corrected chi connectivity index (χ3v) is 3.92. The molecule has 2 saturated heterocycles. The molecule has 4 nitrogen and oxygen atoms in total. The molecule has 0 saturated carbocycles. The first-order valence-corrected chi connectivity index (χ1v) is 6.24. The number of rotatable bonds is 1. The molecule has 3 rings (SSSR count). The van der Waals surface area contributed by atoms with Gasteiger partial charge in [0.25, 0.3) is 5.91 Å². The monoisotopic (exact) mass is 303 g/mol. The molecule has 1 aromatic rings. The van der Waals surface area contributed by atoms with Crippen LogP contribution in [0.5, 0.6) is 0 Å². The van der Waals surface area contributed by atoms with E-state index in [2.05, 4.69) is 10.3 Å². The van der Waals surface area contributed by atoms with Crippen molar-refractivity contribution in [3.8, 4) is 0 Å². The van der Waals surface area contributed by atoms with Crippen molar-refractivity contribution in [2.24, 2.45) is 11.8 Å². The highest BCUT2D eigenvalue weighted by Crippen LogP contribution is 2.27. The van der Waals surface area contributed by atoms with Crippen LogP contribution in [0.3, 0.4) is 0 Å². The lowest BCUT2D eigenvalue weighted by Gasteiger charge is -2.34. The van der Waals surface area contributed by atoms with Crippen LogP contribution in [0.4, 0.5) is 0 Å². The molecule has 3 heterocycles. The maximum absolute atomic E-state index is 12.3. The molecule has 2 atom stereocenters. The quantitative estimate of drug-likeness (QED) is 0.857. The zero-order valence-electron chi connectivity index (χ0n) is 10.6. The molecule has 2 fully saturated rings. The molecule has 2 unspecified atom stereocenters. The average Bonchev–Trinajstić information content (AvgIpc) is 2.86. The maximum Gasteiger partial charge on any atom is 0.253 e. The van der Waals surface area contributed by atoms with Gasteiger partial charge in [0.1, 0.15) is 0 Å². The Bertz CT molecular complexity index is 416. The number of nitrogens with zero attached hydrogens (tertiary/aromatic N) is 2. The number of carbonyl (C=O) groups excluding carboxylic acids is 1. The van der Waals surface area contributed by atoms with Crippen LogP contribution in [-0.2, 0) is 0 Å². The van der Waals surface area contributed by atoms with Crippen molar-refractivity contribution in [3.63, 3.8) is 0 Å². The summed E-state index contributed by atoms with van der Waals surface area (Å²) >= 11 is 0. The number of aromatic nitrogens is 1. The molecule has 0 radical (unpaired) electrons. The molecule has 6 heteroatoms. The standard InChI is InChI=1S/C13H17N3O.2ClH/c17-13(10-1-4-14-5-2-10)16-6-3-11-7-15-8-12(11)9-16;;/h1-2,4-5,11-12,15H,3,6-9H2;2*1H. The second-order valence-corrected chi connectivity index (χ2v) is 4.95. The van der Waals surface area contributed by atoms with E-state index in [0.29, 0.717) is 5.92 Å². The van der Waals surface area contributed by atoms with Crippen molar-refractivity contribution in [3.05, 3.63) is 30.1 Å². The number of hydrogen-bond donors (Lipinski definition) is 1. The summed E-state index contributed by atoms with van der Waals surface area (Å²) in [5.41, 5.74) is 0.754. The van der Waals surface area contributed by atoms with E-state index in [1.165, 1.54) is 0 Å². The third kappa shape index (κ3) is 3.38. The van der Waals surface area contributed by atoms with E-state index in [9.17, 15) is 4.79 Å². The molecule has 1 amide bonds. The highest BCUT2D eigenvalue weighted by Gasteiger charge is 2.34. The largest absolute Gasteiger partial charge is 0.338 e. The van der Waals surface area contributed by atoms with E-state index in [1.54, 1.807) is 24.5 Å². The van der Waals surface area contributed by atoms with E-state index in [4.69, 9.17) is 0 Å². The van der Waals surface area contributed by atoms with Gasteiger partial charge in [0.05, 0.1) is 0 Å². The Labute approximate surface area is 125 Å². The molecular formula is C13H19Cl2N3O. The van der Waals surface area contributed by atoms with Gasteiger partial charge in [-0.25, -0.2) is 0 Å². The first kappa shape index (κ1) is 16.2. The van der Waals surface area contributed by atoms with Crippen LogP contribution in [0, 0.1) is 11.8 Å². The highest BCUT2D eigenvalue weighted by molar-refractivity contribution is 5.94. The van der Waals surface area contributed by atoms with Crippen LogP contribution < -0.4 is 5.32 Å². The molecular weight excluding hydrogens is 285 g/mol. The zero-order valence-corrected chi connectivity index (χ0v) is 12.3. The molecule has 0 aliphatic carbocycles. The Kier molecular flexibility index (Phi) is 6.04. The molecule has 0 spiro atoms. The number of fused-ring (bicyclic) bond motifs is 1. The summed E-state index contributed by atoms with van der Waals surface area (Å²) in [4.78, 5) is 18.2. The number of hydrogen-bond acceptors (Lipinski definition) is 3. The lowest BCUT2D eigenvalue weighted by atomic mass is 9.88. The molecule has 2 aliphatic heterocycles. The van der Waals surface area contributed by atoms with Gasteiger partial charge in [-0.15, -0.1) is 24.8 Å². The number of pyridine rings is 1. The number of carbonyl (C=O) groups is 1. The van der Waals surface area contributed by atoms with Crippen molar-refractivity contribution in [2.75, 3.05) is 26.2 Å². The van der Waals surface area contributed by atoms with Crippen molar-refractivity contribution < 1.29 is 4.79 Å². The van der Waals surface area contributed by atoms with Gasteiger partial charge in [-0.2, -0.15) is 0 Å². The summed E-state index contributed by atoms with van der Waals surface area (Å²) in [7, 11) is 0. The summed E-state index contributed by atoms with van der Waals surface area (Å²) < 4.78 is 0. The minimum absolute atomic E-state index is 0. The zero-order chi connectivity index (χ0) is 11.7. The average molecular weight is 304 g/mol. The van der Waals surface area contributed by atoms with Crippen LogP contribution in [-0.4, -0.2) is 42.0 Å². The van der Waals surface area contributed by atoms with E-state index >= 15 is 0 Å². The number of amides is 1. The van der Waals surface area contributed by atoms with Gasteiger partial charge in [-0.3, -0.25) is 9.78 Å². The summed E-state index contributed by atoms with van der Waals surface area (Å²) in [6, 6.07) is 3.59. The Morgan fingerprint density at radius 2 is 1.89 bits per heavy atom. The van der Waals surface area contributed by atoms with Crippen LogP contribution in [0.15, 0.2) is 24.5 Å². The van der Waals surface area contributed by atoms with Gasteiger partial charge in [0.15, 0.2) is 0 Å². The lowest BCUT2D eigenvalue weighted by molar-refractivity contribution is 0.0642. The predicted octanol–water partition coefficient (Wildman–Crippen LogP) is 1.61. The Morgan fingerprint density at radius 1 is 1.21 bits per heavy atom. The summed E-state index contributed by atoms with van der Waals surface area (Å²) in [5, 5.41) is 3.42. The van der Waals surface area contributed by atoms with Crippen molar-refractivity contribution in [1.82, 2.24) is 15.2 Å². The first-order chi connectivity index (χ1) is 8.34. The van der Waals surface area contributed by atoms with Gasteiger partial charge < -0.3 is 10.2 Å². The molecule has 0 bridgehead atoms. The fraction of sp³-hybridized carbons (Fsp3) is 0.538. The van der Waals surface area contributed by atoms with Gasteiger partial charge in [-0.1, -0.05) is 0 Å². The molecule has 1 N–H and O–H groups in total. The number of halogens is 2. The second kappa shape index (κ2) is 7.08. The van der Waals surface area contributed by atoms with Gasteiger partial charge in [0, 0.05) is 31.0 Å². The van der Waals surface area contributed by atoms with Crippen molar-refractivity contribution in [2.45, 2.75) is 6.42 Å². The van der Waals surface area contributed by atoms with E-state index in [1.807, 2.05) is 4.90 Å². The number of piperidine rings is 1. The summed E-state index contributed by atoms with van der Waals surface area (Å²) in [6.07, 6.45) is 4.49. The summed E-state index contributed by atoms with van der Waals surface area (Å²) in [6.45, 7) is 3.98. The third-order valence-electron chi connectivity index (χ3n) is 3.92. The van der Waals surface area contributed by atoms with Crippen molar-refractivity contribution >= 4 is 30.7 Å². The van der Waals surface area contributed by atoms with E-state index in [-0.39, 0.29) is 30.7 Å². The smallest absolute Gasteiger partial charge is 0.253 e. The van der Waals surface area contributed by atoms with Crippen LogP contribution in [0.1, 0.15) is 16.8 Å². The molecule has 0 aromatic carbocycles. The molecule has 1 aromatic heterocycles. The minimum atomic E-state index is 0. The molecule has 106 valence electrons. The highest BCUT2D eigenvalue weighted by atomic mass is 35.5. The van der Waals surface area contributed by atoms with Gasteiger partial charge >= 0.3 is 0 Å². The minimum Gasteiger partial charge on any atom is -0.338 e. The second-order valence-electron chi connectivity index (χ2n) is 4.95. The Balaban J connectivity index is 0.000000902. The van der Waals surface area contributed by atoms with Gasteiger partial charge in [0.2, 0.25) is 0 Å². The molecule has 19 heavy (non-hydrogen) atoms. The van der Waals surface area contributed by atoms with Crippen LogP contribution in [0.25, 0.3) is 0 Å². The normalized spacial score (nSPS) is 24.9. The fourth-order valence-electron chi connectivity index (χ4n) is 2.90. The Morgan fingerprint density at radius 3 is 2.63 bits per heavy atom. The van der Waals surface area contributed by atoms with Crippen molar-refractivity contribution in [1.29, 1.82) is 0 Å². The van der Waals surface area contributed by atoms with Crippen LogP contribution >= 0.6 is 24.8 Å². The number of nitrogens with one attached hydrogen (secondary N) is 1. The first-order valence-electron chi connectivity index (χ1n) is 6.24. The van der Waals surface area contributed by atoms with Gasteiger partial charge in [-0.05, 0) is 43.5 Å². The SMILES string of the molecule is Cl.Cl.O=C(c1ccncc1)N1CCC2CNCC2C1. The predicted molar refractivity (Wildman–Crippen MR) is 79.1 cm³/mol. The Hall–Kier alpha value is -0.840. The van der Waals surface area contributed by atoms with E-state index < -0.39 is 0 Å². The molecule has 2 aliphatic rings. The maximum atomic E-state index is 12.3. The number of likely N-dealkylation sites (tertiary alicyclic amines) is 1. The van der Waals surface area contributed by atoms with Crippen LogP contribution in [0.2, 0.25) is 0 Å². The lowest BCUT2D eigenvalue weighted by Crippen LogP contribution is -2.43. The summed E-state index contributed by atoms with van der Waals surface area (Å²) in [5.74, 6) is 1.57. The fourth-order valence-corrected chi connectivity index (χ4v) is 2.90. The van der Waals surface area contributed by atoms with E-state index in [0.717, 1.165) is 44.1 Å². The topological polar surface area (TPSA) is 45.2 Å².